The van der Waals surface area contributed by atoms with Crippen LogP contribution in [-0.2, 0) is 0 Å². The third-order valence-electron chi connectivity index (χ3n) is 3.41. The smallest absolute Gasteiger partial charge is 0.408 e. The van der Waals surface area contributed by atoms with Crippen LogP contribution < -0.4 is 10.1 Å². The summed E-state index contributed by atoms with van der Waals surface area (Å²) in [5.41, 5.74) is -1.01. The predicted octanol–water partition coefficient (Wildman–Crippen LogP) is 2.48. The first-order valence-corrected chi connectivity index (χ1v) is 6.39. The predicted molar refractivity (Wildman–Crippen MR) is 66.1 cm³/mol. The average Bonchev–Trinajstić information content (AvgIpc) is 2.43. The molecule has 0 saturated carbocycles. The van der Waals surface area contributed by atoms with Crippen LogP contribution in [0.15, 0.2) is 12.1 Å². The summed E-state index contributed by atoms with van der Waals surface area (Å²) in [5, 5.41) is 2.90. The number of methoxy groups -OCH3 is 1. The Kier molecular flexibility index (Phi) is 4.67. The summed E-state index contributed by atoms with van der Waals surface area (Å²) in [6.45, 7) is 0.778. The van der Waals surface area contributed by atoms with E-state index in [0.29, 0.717) is 13.1 Å². The van der Waals surface area contributed by atoms with Crippen LogP contribution in [0.3, 0.4) is 0 Å². The number of rotatable bonds is 3. The van der Waals surface area contributed by atoms with Crippen LogP contribution in [0.25, 0.3) is 0 Å². The van der Waals surface area contributed by atoms with Crippen LogP contribution in [0, 0.1) is 11.6 Å². The van der Waals surface area contributed by atoms with Gasteiger partial charge in [-0.3, -0.25) is 4.90 Å². The molecule has 1 fully saturated rings. The molecule has 3 nitrogen and oxygen atoms in total. The van der Waals surface area contributed by atoms with E-state index >= 15 is 0 Å². The molecule has 118 valence electrons. The summed E-state index contributed by atoms with van der Waals surface area (Å²) in [7, 11) is 1.12. The van der Waals surface area contributed by atoms with Crippen molar-refractivity contribution >= 4 is 0 Å². The molecular weight excluding hydrogens is 295 g/mol. The maximum absolute atomic E-state index is 14.2. The van der Waals surface area contributed by atoms with Gasteiger partial charge in [0.2, 0.25) is 0 Å². The van der Waals surface area contributed by atoms with Gasteiger partial charge in [-0.05, 0) is 12.1 Å². The SMILES string of the molecule is COc1ccc(F)c([C@H](N2CCNCC2)C(F)(F)F)c1F. The van der Waals surface area contributed by atoms with E-state index in [4.69, 9.17) is 0 Å². The fraction of sp³-hybridized carbons (Fsp3) is 0.538. The Hall–Kier alpha value is -1.41. The quantitative estimate of drug-likeness (QED) is 0.868. The second kappa shape index (κ2) is 6.15. The summed E-state index contributed by atoms with van der Waals surface area (Å²) in [6, 6.07) is -0.563. The number of ether oxygens (including phenoxy) is 1. The summed E-state index contributed by atoms with van der Waals surface area (Å²) in [5.74, 6) is -2.94. The van der Waals surface area contributed by atoms with E-state index in [1.807, 2.05) is 0 Å². The lowest BCUT2D eigenvalue weighted by Crippen LogP contribution is -2.49. The molecule has 2 rings (SSSR count). The Balaban J connectivity index is 2.51. The van der Waals surface area contributed by atoms with Crippen LogP contribution in [0.4, 0.5) is 22.0 Å². The van der Waals surface area contributed by atoms with Crippen LogP contribution in [0.2, 0.25) is 0 Å². The third kappa shape index (κ3) is 3.26. The van der Waals surface area contributed by atoms with Crippen molar-refractivity contribution in [3.8, 4) is 5.75 Å². The Bertz CT molecular complexity index is 500. The standard InChI is InChI=1S/C13H15F5N2O/c1-21-9-3-2-8(14)10(11(9)15)12(13(16,17)18)20-6-4-19-5-7-20/h2-3,12,19H,4-7H2,1H3/t12-/m0/s1. The van der Waals surface area contributed by atoms with Crippen molar-refractivity contribution in [2.45, 2.75) is 12.2 Å². The summed E-state index contributed by atoms with van der Waals surface area (Å²) < 4.78 is 72.7. The number of hydrogen-bond donors (Lipinski definition) is 1. The minimum absolute atomic E-state index is 0.0558. The fourth-order valence-electron chi connectivity index (χ4n) is 2.45. The number of alkyl halides is 3. The van der Waals surface area contributed by atoms with Crippen molar-refractivity contribution in [2.24, 2.45) is 0 Å². The van der Waals surface area contributed by atoms with Gasteiger partial charge >= 0.3 is 6.18 Å². The third-order valence-corrected chi connectivity index (χ3v) is 3.41. The molecule has 1 N–H and O–H groups in total. The molecule has 0 spiro atoms. The van der Waals surface area contributed by atoms with E-state index in [-0.39, 0.29) is 13.1 Å². The first-order valence-electron chi connectivity index (χ1n) is 6.39. The molecule has 1 heterocycles. The minimum atomic E-state index is -4.79. The van der Waals surface area contributed by atoms with Gasteiger partial charge in [0.15, 0.2) is 11.6 Å². The zero-order chi connectivity index (χ0) is 15.6. The lowest BCUT2D eigenvalue weighted by atomic mass is 10.0. The number of halogens is 5. The molecule has 0 bridgehead atoms. The lowest BCUT2D eigenvalue weighted by Gasteiger charge is -2.36. The Morgan fingerprint density at radius 2 is 1.81 bits per heavy atom. The molecule has 1 atom stereocenters. The molecule has 1 aliphatic heterocycles. The molecule has 1 saturated heterocycles. The molecule has 1 aromatic carbocycles. The minimum Gasteiger partial charge on any atom is -0.494 e. The van der Waals surface area contributed by atoms with Gasteiger partial charge < -0.3 is 10.1 Å². The van der Waals surface area contributed by atoms with Gasteiger partial charge in [0.1, 0.15) is 11.9 Å². The average molecular weight is 310 g/mol. The van der Waals surface area contributed by atoms with Crippen molar-refractivity contribution in [2.75, 3.05) is 33.3 Å². The Morgan fingerprint density at radius 3 is 2.33 bits per heavy atom. The highest BCUT2D eigenvalue weighted by atomic mass is 19.4. The van der Waals surface area contributed by atoms with Crippen LogP contribution in [-0.4, -0.2) is 44.4 Å². The Labute approximate surface area is 118 Å². The first-order chi connectivity index (χ1) is 9.86. The summed E-state index contributed by atoms with van der Waals surface area (Å²) in [4.78, 5) is 1.03. The summed E-state index contributed by atoms with van der Waals surface area (Å²) in [6.07, 6.45) is -4.79. The number of piperazine rings is 1. The van der Waals surface area contributed by atoms with Gasteiger partial charge in [0.25, 0.3) is 0 Å². The highest BCUT2D eigenvalue weighted by Gasteiger charge is 2.48. The molecule has 0 aromatic heterocycles. The van der Waals surface area contributed by atoms with Crippen LogP contribution >= 0.6 is 0 Å². The van der Waals surface area contributed by atoms with Crippen LogP contribution in [0.5, 0.6) is 5.75 Å². The number of hydrogen-bond acceptors (Lipinski definition) is 3. The first kappa shape index (κ1) is 16.0. The normalized spacial score (nSPS) is 18.6. The zero-order valence-electron chi connectivity index (χ0n) is 11.3. The highest BCUT2D eigenvalue weighted by molar-refractivity contribution is 5.35. The lowest BCUT2D eigenvalue weighted by molar-refractivity contribution is -0.189. The summed E-state index contributed by atoms with van der Waals surface area (Å²) >= 11 is 0. The topological polar surface area (TPSA) is 24.5 Å². The highest BCUT2D eigenvalue weighted by Crippen LogP contribution is 2.41. The van der Waals surface area contributed by atoms with Crippen molar-refractivity contribution in [1.29, 1.82) is 0 Å². The molecule has 21 heavy (non-hydrogen) atoms. The number of nitrogens with zero attached hydrogens (tertiary/aromatic N) is 1. The largest absolute Gasteiger partial charge is 0.494 e. The molecule has 1 aromatic rings. The maximum atomic E-state index is 14.2. The molecule has 0 aliphatic carbocycles. The van der Waals surface area contributed by atoms with Gasteiger partial charge in [0.05, 0.1) is 12.7 Å². The van der Waals surface area contributed by atoms with Gasteiger partial charge in [-0.2, -0.15) is 13.2 Å². The second-order valence-corrected chi connectivity index (χ2v) is 4.71. The van der Waals surface area contributed by atoms with Gasteiger partial charge in [-0.15, -0.1) is 0 Å². The van der Waals surface area contributed by atoms with E-state index in [9.17, 15) is 22.0 Å². The molecule has 0 amide bonds. The molecule has 1 aliphatic rings. The van der Waals surface area contributed by atoms with Crippen molar-refractivity contribution in [3.05, 3.63) is 29.3 Å². The van der Waals surface area contributed by atoms with E-state index in [1.165, 1.54) is 0 Å². The van der Waals surface area contributed by atoms with Crippen molar-refractivity contribution in [1.82, 2.24) is 10.2 Å². The molecule has 0 radical (unpaired) electrons. The van der Waals surface area contributed by atoms with Crippen LogP contribution in [0.1, 0.15) is 11.6 Å². The van der Waals surface area contributed by atoms with E-state index in [1.54, 1.807) is 0 Å². The fourth-order valence-corrected chi connectivity index (χ4v) is 2.45. The monoisotopic (exact) mass is 310 g/mol. The molecule has 8 heteroatoms. The molecule has 0 unspecified atom stereocenters. The van der Waals surface area contributed by atoms with E-state index in [0.717, 1.165) is 24.1 Å². The Morgan fingerprint density at radius 1 is 1.19 bits per heavy atom. The van der Waals surface area contributed by atoms with E-state index < -0.39 is 35.2 Å². The number of benzene rings is 1. The van der Waals surface area contributed by atoms with E-state index in [2.05, 4.69) is 10.1 Å². The molecular formula is C13H15F5N2O. The van der Waals surface area contributed by atoms with Gasteiger partial charge in [-0.1, -0.05) is 0 Å². The number of nitrogens with one attached hydrogen (secondary N) is 1. The van der Waals surface area contributed by atoms with Crippen molar-refractivity contribution in [3.63, 3.8) is 0 Å². The van der Waals surface area contributed by atoms with Gasteiger partial charge in [-0.25, -0.2) is 8.78 Å². The maximum Gasteiger partial charge on any atom is 0.408 e. The second-order valence-electron chi connectivity index (χ2n) is 4.71. The van der Waals surface area contributed by atoms with Crippen molar-refractivity contribution < 1.29 is 26.7 Å². The van der Waals surface area contributed by atoms with Gasteiger partial charge in [0, 0.05) is 26.2 Å². The zero-order valence-corrected chi connectivity index (χ0v) is 11.3.